The van der Waals surface area contributed by atoms with Crippen LogP contribution in [0, 0.1) is 5.82 Å². The Labute approximate surface area is 190 Å². The van der Waals surface area contributed by atoms with E-state index >= 15 is 0 Å². The number of nitrogens with zero attached hydrogens (tertiary/aromatic N) is 1. The van der Waals surface area contributed by atoms with Gasteiger partial charge in [-0.25, -0.2) is 4.39 Å². The van der Waals surface area contributed by atoms with Gasteiger partial charge >= 0.3 is 0 Å². The number of carbonyl (C=O) groups excluding carboxylic acids is 1. The number of benzene rings is 2. The molecule has 3 N–H and O–H groups in total. The molecule has 2 unspecified atom stereocenters. The summed E-state index contributed by atoms with van der Waals surface area (Å²) in [6, 6.07) is 8.13. The second-order valence-electron chi connectivity index (χ2n) is 8.41. The summed E-state index contributed by atoms with van der Waals surface area (Å²) in [5, 5.41) is 16.3. The maximum absolute atomic E-state index is 14.8. The summed E-state index contributed by atoms with van der Waals surface area (Å²) in [5.74, 6) is -4.20. The van der Waals surface area contributed by atoms with Gasteiger partial charge in [-0.1, -0.05) is 18.2 Å². The van der Waals surface area contributed by atoms with Crippen molar-refractivity contribution in [2.24, 2.45) is 0 Å². The third kappa shape index (κ3) is 5.00. The molecule has 4 rings (SSSR count). The molecule has 2 aliphatic rings. The monoisotopic (exact) mass is 463 g/mol. The van der Waals surface area contributed by atoms with E-state index in [9.17, 15) is 23.1 Å². The van der Waals surface area contributed by atoms with Crippen molar-refractivity contribution in [3.8, 4) is 5.75 Å². The molecular formula is C24H28F3N3O3. The van der Waals surface area contributed by atoms with E-state index in [1.54, 1.807) is 24.0 Å². The van der Waals surface area contributed by atoms with Crippen LogP contribution in [-0.4, -0.2) is 41.7 Å². The molecule has 1 saturated heterocycles. The minimum absolute atomic E-state index is 0.0379. The van der Waals surface area contributed by atoms with Gasteiger partial charge < -0.3 is 20.5 Å². The number of piperidine rings is 1. The third-order valence-electron chi connectivity index (χ3n) is 6.12. The highest BCUT2D eigenvalue weighted by molar-refractivity contribution is 5.82. The predicted octanol–water partition coefficient (Wildman–Crippen LogP) is 3.19. The molecule has 2 aromatic carbocycles. The number of aliphatic hydroxyl groups excluding tert-OH is 1. The first-order valence-electron chi connectivity index (χ1n) is 11.1. The van der Waals surface area contributed by atoms with Gasteiger partial charge in [0.25, 0.3) is 5.92 Å². The van der Waals surface area contributed by atoms with Gasteiger partial charge in [0, 0.05) is 19.6 Å². The molecule has 0 spiro atoms. The normalized spacial score (nSPS) is 21.1. The van der Waals surface area contributed by atoms with E-state index in [2.05, 4.69) is 10.6 Å². The molecular weight excluding hydrogens is 435 g/mol. The highest BCUT2D eigenvalue weighted by Gasteiger charge is 2.38. The van der Waals surface area contributed by atoms with Gasteiger partial charge in [-0.05, 0) is 54.7 Å². The minimum atomic E-state index is -3.33. The highest BCUT2D eigenvalue weighted by Crippen LogP contribution is 2.37. The second-order valence-corrected chi connectivity index (χ2v) is 8.41. The molecule has 178 valence electrons. The smallest absolute Gasteiger partial charge is 0.289 e. The standard InChI is InChI=1S/C24H28F3N3O3/c1-2-33-21-8-6-17(25)11-19(21)24(26,27)14-28-12-15-5-7-18-16(10-15)13-30(23(18)32)20-4-3-9-29-22(20)31/h5-8,10-11,20,23,28,32H,2-4,9,12-14H2,1H3,(H,29,31). The van der Waals surface area contributed by atoms with E-state index in [1.165, 1.54) is 6.07 Å². The van der Waals surface area contributed by atoms with E-state index in [0.717, 1.165) is 35.2 Å². The lowest BCUT2D eigenvalue weighted by Crippen LogP contribution is -2.49. The first-order chi connectivity index (χ1) is 15.8. The fourth-order valence-electron chi connectivity index (χ4n) is 4.50. The lowest BCUT2D eigenvalue weighted by Gasteiger charge is -2.32. The van der Waals surface area contributed by atoms with Crippen LogP contribution < -0.4 is 15.4 Å². The van der Waals surface area contributed by atoms with Crippen molar-refractivity contribution in [2.75, 3.05) is 19.7 Å². The van der Waals surface area contributed by atoms with Crippen LogP contribution in [0.1, 0.15) is 48.2 Å². The number of carbonyl (C=O) groups is 1. The molecule has 0 bridgehead atoms. The lowest BCUT2D eigenvalue weighted by atomic mass is 10.0. The average molecular weight is 464 g/mol. The summed E-state index contributed by atoms with van der Waals surface area (Å²) in [4.78, 5) is 14.0. The van der Waals surface area contributed by atoms with Crippen molar-refractivity contribution in [3.05, 3.63) is 64.5 Å². The highest BCUT2D eigenvalue weighted by atomic mass is 19.3. The average Bonchev–Trinajstić information content (AvgIpc) is 3.11. The van der Waals surface area contributed by atoms with Crippen molar-refractivity contribution in [1.29, 1.82) is 0 Å². The van der Waals surface area contributed by atoms with Crippen molar-refractivity contribution in [1.82, 2.24) is 15.5 Å². The van der Waals surface area contributed by atoms with Crippen LogP contribution in [0.3, 0.4) is 0 Å². The minimum Gasteiger partial charge on any atom is -0.493 e. The number of ether oxygens (including phenoxy) is 1. The molecule has 6 nitrogen and oxygen atoms in total. The SMILES string of the molecule is CCOc1ccc(F)cc1C(F)(F)CNCc1ccc2c(c1)CN(C1CCCNC1=O)C2O. The Balaban J connectivity index is 1.41. The number of halogens is 3. The van der Waals surface area contributed by atoms with E-state index < -0.39 is 30.1 Å². The van der Waals surface area contributed by atoms with Crippen molar-refractivity contribution < 1.29 is 27.8 Å². The quantitative estimate of drug-likeness (QED) is 0.561. The van der Waals surface area contributed by atoms with E-state index in [1.807, 2.05) is 6.07 Å². The first kappa shape index (κ1) is 23.5. The molecule has 0 aromatic heterocycles. The number of amides is 1. The van der Waals surface area contributed by atoms with E-state index in [0.29, 0.717) is 19.5 Å². The van der Waals surface area contributed by atoms with Gasteiger partial charge in [0.15, 0.2) is 0 Å². The Kier molecular flexibility index (Phi) is 6.92. The zero-order valence-electron chi connectivity index (χ0n) is 18.4. The number of hydrogen-bond donors (Lipinski definition) is 3. The van der Waals surface area contributed by atoms with Gasteiger partial charge in [-0.3, -0.25) is 9.69 Å². The molecule has 1 amide bonds. The molecule has 2 aliphatic heterocycles. The van der Waals surface area contributed by atoms with Gasteiger partial charge in [0.2, 0.25) is 5.91 Å². The van der Waals surface area contributed by atoms with Gasteiger partial charge in [0.1, 0.15) is 17.8 Å². The number of hydrogen-bond acceptors (Lipinski definition) is 5. The first-order valence-corrected chi connectivity index (χ1v) is 11.1. The molecule has 2 atom stereocenters. The largest absolute Gasteiger partial charge is 0.493 e. The van der Waals surface area contributed by atoms with Crippen molar-refractivity contribution in [2.45, 2.75) is 51.0 Å². The fourth-order valence-corrected chi connectivity index (χ4v) is 4.50. The molecule has 0 radical (unpaired) electrons. The molecule has 2 aromatic rings. The lowest BCUT2D eigenvalue weighted by molar-refractivity contribution is -0.133. The summed E-state index contributed by atoms with van der Waals surface area (Å²) < 4.78 is 48.4. The molecule has 33 heavy (non-hydrogen) atoms. The predicted molar refractivity (Wildman–Crippen MR) is 116 cm³/mol. The summed E-state index contributed by atoms with van der Waals surface area (Å²) in [6.45, 7) is 2.42. The molecule has 0 saturated carbocycles. The Morgan fingerprint density at radius 1 is 1.27 bits per heavy atom. The molecule has 1 fully saturated rings. The van der Waals surface area contributed by atoms with Gasteiger partial charge in [0.05, 0.1) is 24.8 Å². The number of nitrogens with one attached hydrogen (secondary N) is 2. The van der Waals surface area contributed by atoms with E-state index in [-0.39, 0.29) is 30.9 Å². The fraction of sp³-hybridized carbons (Fsp3) is 0.458. The topological polar surface area (TPSA) is 73.8 Å². The van der Waals surface area contributed by atoms with Crippen LogP contribution in [0.25, 0.3) is 0 Å². The Bertz CT molecular complexity index is 1020. The van der Waals surface area contributed by atoms with Crippen molar-refractivity contribution >= 4 is 5.91 Å². The van der Waals surface area contributed by atoms with Crippen LogP contribution in [0.15, 0.2) is 36.4 Å². The van der Waals surface area contributed by atoms with Gasteiger partial charge in [-0.2, -0.15) is 8.78 Å². The number of alkyl halides is 2. The molecule has 0 aliphatic carbocycles. The number of fused-ring (bicyclic) bond motifs is 1. The Hall–Kier alpha value is -2.62. The molecule has 9 heteroatoms. The second kappa shape index (κ2) is 9.70. The van der Waals surface area contributed by atoms with Gasteiger partial charge in [-0.15, -0.1) is 0 Å². The molecule has 2 heterocycles. The zero-order valence-corrected chi connectivity index (χ0v) is 18.4. The number of rotatable bonds is 8. The summed E-state index contributed by atoms with van der Waals surface area (Å²) in [6.07, 6.45) is 0.671. The Morgan fingerprint density at radius 3 is 2.85 bits per heavy atom. The summed E-state index contributed by atoms with van der Waals surface area (Å²) in [7, 11) is 0. The van der Waals surface area contributed by atoms with Crippen LogP contribution in [-0.2, 0) is 23.8 Å². The van der Waals surface area contributed by atoms with Crippen molar-refractivity contribution in [3.63, 3.8) is 0 Å². The van der Waals surface area contributed by atoms with Crippen LogP contribution >= 0.6 is 0 Å². The van der Waals surface area contributed by atoms with Crippen LogP contribution in [0.2, 0.25) is 0 Å². The van der Waals surface area contributed by atoms with Crippen LogP contribution in [0.4, 0.5) is 13.2 Å². The third-order valence-corrected chi connectivity index (χ3v) is 6.12. The Morgan fingerprint density at radius 2 is 2.09 bits per heavy atom. The summed E-state index contributed by atoms with van der Waals surface area (Å²) >= 11 is 0. The number of aliphatic hydroxyl groups is 1. The van der Waals surface area contributed by atoms with Crippen LogP contribution in [0.5, 0.6) is 5.75 Å². The maximum atomic E-state index is 14.8. The zero-order chi connectivity index (χ0) is 23.6. The maximum Gasteiger partial charge on any atom is 0.289 e. The van der Waals surface area contributed by atoms with E-state index in [4.69, 9.17) is 4.74 Å². The summed E-state index contributed by atoms with van der Waals surface area (Å²) in [5.41, 5.74) is 1.88.